The normalized spacial score (nSPS) is 10.4. The van der Waals surface area contributed by atoms with Crippen LogP contribution in [0.25, 0.3) is 11.4 Å². The lowest BCUT2D eigenvalue weighted by atomic mass is 10.1. The van der Waals surface area contributed by atoms with Crippen LogP contribution < -0.4 is 15.4 Å². The van der Waals surface area contributed by atoms with Crippen molar-refractivity contribution < 1.29 is 4.74 Å². The Morgan fingerprint density at radius 3 is 2.30 bits per heavy atom. The molecule has 1 heterocycles. The molecule has 27 heavy (non-hydrogen) atoms. The Bertz CT molecular complexity index is 852. The van der Waals surface area contributed by atoms with Gasteiger partial charge >= 0.3 is 0 Å². The van der Waals surface area contributed by atoms with Gasteiger partial charge < -0.3 is 15.4 Å². The molecule has 0 aliphatic heterocycles. The van der Waals surface area contributed by atoms with Crippen LogP contribution >= 0.6 is 0 Å². The van der Waals surface area contributed by atoms with Crippen molar-refractivity contribution in [2.24, 2.45) is 0 Å². The van der Waals surface area contributed by atoms with E-state index >= 15 is 0 Å². The van der Waals surface area contributed by atoms with Gasteiger partial charge in [-0.25, -0.2) is 9.97 Å². The Morgan fingerprint density at radius 1 is 0.852 bits per heavy atom. The minimum atomic E-state index is 0.723. The molecule has 140 valence electrons. The molecule has 0 fully saturated rings. The van der Waals surface area contributed by atoms with Crippen LogP contribution in [0.3, 0.4) is 0 Å². The van der Waals surface area contributed by atoms with Gasteiger partial charge in [0, 0.05) is 24.7 Å². The SMILES string of the molecule is CCCNc1cc(NCCc2cccc(OC)c2)nc(-c2ccccc2)n1. The van der Waals surface area contributed by atoms with Crippen molar-refractivity contribution in [3.05, 3.63) is 66.2 Å². The smallest absolute Gasteiger partial charge is 0.163 e. The van der Waals surface area contributed by atoms with Crippen molar-refractivity contribution >= 4 is 11.6 Å². The quantitative estimate of drug-likeness (QED) is 0.581. The molecular formula is C22H26N4O. The van der Waals surface area contributed by atoms with Crippen molar-refractivity contribution in [2.75, 3.05) is 30.8 Å². The Labute approximate surface area is 160 Å². The van der Waals surface area contributed by atoms with E-state index in [1.807, 2.05) is 48.5 Å². The lowest BCUT2D eigenvalue weighted by Crippen LogP contribution is -2.10. The summed E-state index contributed by atoms with van der Waals surface area (Å²) < 4.78 is 5.29. The number of nitrogens with zero attached hydrogens (tertiary/aromatic N) is 2. The second-order valence-electron chi connectivity index (χ2n) is 6.28. The predicted octanol–water partition coefficient (Wildman–Crippen LogP) is 4.63. The summed E-state index contributed by atoms with van der Waals surface area (Å²) in [7, 11) is 1.69. The fraction of sp³-hybridized carbons (Fsp3) is 0.273. The van der Waals surface area contributed by atoms with E-state index in [4.69, 9.17) is 4.74 Å². The van der Waals surface area contributed by atoms with Crippen LogP contribution in [-0.4, -0.2) is 30.2 Å². The molecule has 1 aromatic heterocycles. The maximum absolute atomic E-state index is 5.29. The average molecular weight is 362 g/mol. The molecule has 3 aromatic rings. The number of nitrogens with one attached hydrogen (secondary N) is 2. The third-order valence-corrected chi connectivity index (χ3v) is 4.17. The van der Waals surface area contributed by atoms with E-state index in [0.717, 1.165) is 54.7 Å². The molecular weight excluding hydrogens is 336 g/mol. The highest BCUT2D eigenvalue weighted by atomic mass is 16.5. The van der Waals surface area contributed by atoms with Crippen LogP contribution in [0.4, 0.5) is 11.6 Å². The van der Waals surface area contributed by atoms with Crippen molar-refractivity contribution in [1.29, 1.82) is 0 Å². The van der Waals surface area contributed by atoms with Gasteiger partial charge in [-0.05, 0) is 30.5 Å². The summed E-state index contributed by atoms with van der Waals surface area (Å²) in [5, 5.41) is 6.79. The largest absolute Gasteiger partial charge is 0.497 e. The Balaban J connectivity index is 1.73. The van der Waals surface area contributed by atoms with Gasteiger partial charge in [0.05, 0.1) is 7.11 Å². The highest BCUT2D eigenvalue weighted by molar-refractivity contribution is 5.61. The average Bonchev–Trinajstić information content (AvgIpc) is 2.73. The number of ether oxygens (including phenoxy) is 1. The molecule has 3 rings (SSSR count). The first-order valence-corrected chi connectivity index (χ1v) is 9.33. The third-order valence-electron chi connectivity index (χ3n) is 4.17. The van der Waals surface area contributed by atoms with Crippen LogP contribution in [0.15, 0.2) is 60.7 Å². The maximum Gasteiger partial charge on any atom is 0.163 e. The van der Waals surface area contributed by atoms with Gasteiger partial charge in [-0.15, -0.1) is 0 Å². The van der Waals surface area contributed by atoms with Crippen LogP contribution in [0.5, 0.6) is 5.75 Å². The Morgan fingerprint density at radius 2 is 1.59 bits per heavy atom. The fourth-order valence-corrected chi connectivity index (χ4v) is 2.76. The zero-order chi connectivity index (χ0) is 18.9. The van der Waals surface area contributed by atoms with Crippen molar-refractivity contribution in [1.82, 2.24) is 9.97 Å². The van der Waals surface area contributed by atoms with Crippen molar-refractivity contribution in [3.63, 3.8) is 0 Å². The number of benzene rings is 2. The first kappa shape index (κ1) is 18.7. The summed E-state index contributed by atoms with van der Waals surface area (Å²) in [6.45, 7) is 3.81. The van der Waals surface area contributed by atoms with E-state index in [1.54, 1.807) is 7.11 Å². The minimum absolute atomic E-state index is 0.723. The van der Waals surface area contributed by atoms with Crippen LogP contribution in [-0.2, 0) is 6.42 Å². The van der Waals surface area contributed by atoms with Gasteiger partial charge in [0.1, 0.15) is 17.4 Å². The molecule has 0 aliphatic carbocycles. The van der Waals surface area contributed by atoms with Crippen LogP contribution in [0, 0.1) is 0 Å². The van der Waals surface area contributed by atoms with E-state index in [9.17, 15) is 0 Å². The number of hydrogen-bond donors (Lipinski definition) is 2. The standard InChI is InChI=1S/C22H26N4O/c1-3-13-23-20-16-21(26-22(25-20)18-9-5-4-6-10-18)24-14-12-17-8-7-11-19(15-17)27-2/h4-11,15-16H,3,12-14H2,1-2H3,(H2,23,24,25,26). The minimum Gasteiger partial charge on any atom is -0.497 e. The van der Waals surface area contributed by atoms with E-state index in [-0.39, 0.29) is 0 Å². The van der Waals surface area contributed by atoms with E-state index in [0.29, 0.717) is 0 Å². The lowest BCUT2D eigenvalue weighted by Gasteiger charge is -2.11. The van der Waals surface area contributed by atoms with Gasteiger partial charge in [-0.2, -0.15) is 0 Å². The Kier molecular flexibility index (Phi) is 6.63. The van der Waals surface area contributed by atoms with Crippen molar-refractivity contribution in [2.45, 2.75) is 19.8 Å². The maximum atomic E-state index is 5.29. The van der Waals surface area contributed by atoms with Gasteiger partial charge in [0.25, 0.3) is 0 Å². The predicted molar refractivity (Wildman–Crippen MR) is 111 cm³/mol. The first-order valence-electron chi connectivity index (χ1n) is 9.33. The molecule has 0 aliphatic rings. The number of methoxy groups -OCH3 is 1. The molecule has 2 N–H and O–H groups in total. The second kappa shape index (κ2) is 9.57. The number of rotatable bonds is 9. The fourth-order valence-electron chi connectivity index (χ4n) is 2.76. The molecule has 5 heteroatoms. The van der Waals surface area contributed by atoms with Crippen LogP contribution in [0.2, 0.25) is 0 Å². The number of anilines is 2. The molecule has 0 bridgehead atoms. The molecule has 0 radical (unpaired) electrons. The monoisotopic (exact) mass is 362 g/mol. The summed E-state index contributed by atoms with van der Waals surface area (Å²) in [6, 6.07) is 20.2. The highest BCUT2D eigenvalue weighted by Crippen LogP contribution is 2.20. The molecule has 5 nitrogen and oxygen atoms in total. The van der Waals surface area contributed by atoms with Gasteiger partial charge in [0.15, 0.2) is 5.82 Å². The van der Waals surface area contributed by atoms with Gasteiger partial charge in [0.2, 0.25) is 0 Å². The van der Waals surface area contributed by atoms with Gasteiger partial charge in [-0.1, -0.05) is 49.4 Å². The number of aromatic nitrogens is 2. The summed E-state index contributed by atoms with van der Waals surface area (Å²) in [4.78, 5) is 9.34. The zero-order valence-corrected chi connectivity index (χ0v) is 15.9. The molecule has 0 spiro atoms. The lowest BCUT2D eigenvalue weighted by molar-refractivity contribution is 0.414. The summed E-state index contributed by atoms with van der Waals surface area (Å²) in [5.74, 6) is 3.27. The summed E-state index contributed by atoms with van der Waals surface area (Å²) in [5.41, 5.74) is 2.23. The molecule has 0 amide bonds. The van der Waals surface area contributed by atoms with E-state index < -0.39 is 0 Å². The van der Waals surface area contributed by atoms with Gasteiger partial charge in [-0.3, -0.25) is 0 Å². The van der Waals surface area contributed by atoms with E-state index in [2.05, 4.69) is 39.7 Å². The van der Waals surface area contributed by atoms with E-state index in [1.165, 1.54) is 5.56 Å². The zero-order valence-electron chi connectivity index (χ0n) is 15.9. The second-order valence-corrected chi connectivity index (χ2v) is 6.28. The highest BCUT2D eigenvalue weighted by Gasteiger charge is 2.07. The number of hydrogen-bond acceptors (Lipinski definition) is 5. The molecule has 0 saturated carbocycles. The van der Waals surface area contributed by atoms with Crippen LogP contribution in [0.1, 0.15) is 18.9 Å². The summed E-state index contributed by atoms with van der Waals surface area (Å²) in [6.07, 6.45) is 1.93. The Hall–Kier alpha value is -3.08. The molecule has 0 saturated heterocycles. The summed E-state index contributed by atoms with van der Waals surface area (Å²) >= 11 is 0. The first-order chi connectivity index (χ1) is 13.3. The van der Waals surface area contributed by atoms with Crippen molar-refractivity contribution in [3.8, 4) is 17.1 Å². The molecule has 0 atom stereocenters. The third kappa shape index (κ3) is 5.45. The topological polar surface area (TPSA) is 59.1 Å². The molecule has 2 aromatic carbocycles. The molecule has 0 unspecified atom stereocenters.